The molecule has 2 heteroatoms. The maximum Gasteiger partial charge on any atom is 0.163 e. The number of hydrogen-bond acceptors (Lipinski definition) is 2. The molecule has 2 saturated carbocycles. The zero-order valence-electron chi connectivity index (χ0n) is 13.8. The van der Waals surface area contributed by atoms with Crippen LogP contribution >= 0.6 is 0 Å². The van der Waals surface area contributed by atoms with Crippen LogP contribution in [-0.2, 0) is 4.79 Å². The number of benzene rings is 2. The molecule has 2 aromatic carbocycles. The Bertz CT molecular complexity index is 742. The SMILES string of the molecule is O=C(CC(c1ccccc1)C1C(=O)C12CCCC2)c1ccccc1. The second-order valence-corrected chi connectivity index (χ2v) is 7.22. The summed E-state index contributed by atoms with van der Waals surface area (Å²) in [5.74, 6) is 0.589. The Morgan fingerprint density at radius 3 is 2.17 bits per heavy atom. The number of Topliss-reactive ketones (excluding diaryl/α,β-unsaturated/α-hetero) is 2. The van der Waals surface area contributed by atoms with E-state index in [1.54, 1.807) is 0 Å². The molecule has 0 aliphatic heterocycles. The monoisotopic (exact) mass is 318 g/mol. The maximum atomic E-state index is 12.8. The van der Waals surface area contributed by atoms with Gasteiger partial charge in [-0.2, -0.15) is 0 Å². The summed E-state index contributed by atoms with van der Waals surface area (Å²) < 4.78 is 0. The van der Waals surface area contributed by atoms with Crippen molar-refractivity contribution < 1.29 is 9.59 Å². The molecular weight excluding hydrogens is 296 g/mol. The first-order chi connectivity index (χ1) is 11.7. The first-order valence-electron chi connectivity index (χ1n) is 8.90. The smallest absolute Gasteiger partial charge is 0.163 e. The van der Waals surface area contributed by atoms with E-state index in [2.05, 4.69) is 12.1 Å². The van der Waals surface area contributed by atoms with Crippen molar-refractivity contribution >= 4 is 11.6 Å². The zero-order chi connectivity index (χ0) is 16.6. The average molecular weight is 318 g/mol. The van der Waals surface area contributed by atoms with E-state index in [0.717, 1.165) is 36.8 Å². The van der Waals surface area contributed by atoms with Gasteiger partial charge in [0.2, 0.25) is 0 Å². The fourth-order valence-corrected chi connectivity index (χ4v) is 4.62. The van der Waals surface area contributed by atoms with Gasteiger partial charge in [0.15, 0.2) is 5.78 Å². The van der Waals surface area contributed by atoms with Gasteiger partial charge >= 0.3 is 0 Å². The molecule has 0 aromatic heterocycles. The van der Waals surface area contributed by atoms with Crippen molar-refractivity contribution in [2.75, 3.05) is 0 Å². The molecule has 2 unspecified atom stereocenters. The van der Waals surface area contributed by atoms with Gasteiger partial charge in [0.25, 0.3) is 0 Å². The van der Waals surface area contributed by atoms with E-state index in [1.807, 2.05) is 48.5 Å². The lowest BCUT2D eigenvalue weighted by Crippen LogP contribution is -2.13. The number of carbonyl (C=O) groups excluding carboxylic acids is 2. The lowest BCUT2D eigenvalue weighted by Gasteiger charge is -2.18. The number of rotatable bonds is 5. The maximum absolute atomic E-state index is 12.8. The third-order valence-corrected chi connectivity index (χ3v) is 5.91. The molecule has 2 aliphatic carbocycles. The van der Waals surface area contributed by atoms with Gasteiger partial charge in [-0.25, -0.2) is 0 Å². The summed E-state index contributed by atoms with van der Waals surface area (Å²) in [5, 5.41) is 0. The molecule has 0 heterocycles. The van der Waals surface area contributed by atoms with Gasteiger partial charge in [-0.1, -0.05) is 73.5 Å². The van der Waals surface area contributed by atoms with Crippen LogP contribution in [0.15, 0.2) is 60.7 Å². The van der Waals surface area contributed by atoms with Gasteiger partial charge in [0, 0.05) is 29.2 Å². The summed E-state index contributed by atoms with van der Waals surface area (Å²) in [4.78, 5) is 25.4. The number of hydrogen-bond donors (Lipinski definition) is 0. The van der Waals surface area contributed by atoms with E-state index in [-0.39, 0.29) is 23.0 Å². The highest BCUT2D eigenvalue weighted by atomic mass is 16.1. The highest BCUT2D eigenvalue weighted by molar-refractivity contribution is 6.06. The van der Waals surface area contributed by atoms with Crippen molar-refractivity contribution in [2.45, 2.75) is 38.0 Å². The molecule has 2 aromatic rings. The zero-order valence-corrected chi connectivity index (χ0v) is 13.8. The first-order valence-corrected chi connectivity index (χ1v) is 8.90. The van der Waals surface area contributed by atoms with Gasteiger partial charge in [0.1, 0.15) is 5.78 Å². The second kappa shape index (κ2) is 6.01. The Kier molecular flexibility index (Phi) is 3.84. The third kappa shape index (κ3) is 2.50. The van der Waals surface area contributed by atoms with Crippen LogP contribution in [0.5, 0.6) is 0 Å². The lowest BCUT2D eigenvalue weighted by molar-refractivity contribution is -0.113. The van der Waals surface area contributed by atoms with E-state index in [9.17, 15) is 9.59 Å². The largest absolute Gasteiger partial charge is 0.299 e. The van der Waals surface area contributed by atoms with Gasteiger partial charge in [0.05, 0.1) is 0 Å². The van der Waals surface area contributed by atoms with Crippen molar-refractivity contribution in [1.82, 2.24) is 0 Å². The van der Waals surface area contributed by atoms with Gasteiger partial charge in [-0.05, 0) is 18.4 Å². The minimum atomic E-state index is -0.114. The summed E-state index contributed by atoms with van der Waals surface area (Å²) in [6.45, 7) is 0. The standard InChI is InChI=1S/C22H22O2/c23-19(17-11-5-2-6-12-17)15-18(16-9-3-1-4-10-16)20-21(24)22(20)13-7-8-14-22/h1-6,9-12,18,20H,7-8,13-15H2. The van der Waals surface area contributed by atoms with Crippen molar-refractivity contribution in [1.29, 1.82) is 0 Å². The Balaban J connectivity index is 1.63. The van der Waals surface area contributed by atoms with Crippen LogP contribution in [0.4, 0.5) is 0 Å². The van der Waals surface area contributed by atoms with Gasteiger partial charge in [-0.15, -0.1) is 0 Å². The van der Waals surface area contributed by atoms with Crippen molar-refractivity contribution in [3.63, 3.8) is 0 Å². The van der Waals surface area contributed by atoms with Crippen LogP contribution in [0.1, 0.15) is 53.9 Å². The Morgan fingerprint density at radius 2 is 1.54 bits per heavy atom. The molecule has 2 fully saturated rings. The highest BCUT2D eigenvalue weighted by Gasteiger charge is 2.67. The normalized spacial score (nSPS) is 22.5. The third-order valence-electron chi connectivity index (χ3n) is 5.91. The molecule has 0 bridgehead atoms. The van der Waals surface area contributed by atoms with Crippen LogP contribution < -0.4 is 0 Å². The molecule has 1 spiro atoms. The summed E-state index contributed by atoms with van der Waals surface area (Å²) in [5.41, 5.74) is 1.76. The minimum absolute atomic E-state index is 0.0181. The molecule has 4 rings (SSSR count). The van der Waals surface area contributed by atoms with Gasteiger partial charge < -0.3 is 0 Å². The highest BCUT2D eigenvalue weighted by Crippen LogP contribution is 2.64. The first kappa shape index (κ1) is 15.3. The van der Waals surface area contributed by atoms with Crippen LogP contribution in [0.25, 0.3) is 0 Å². The van der Waals surface area contributed by atoms with Crippen LogP contribution in [-0.4, -0.2) is 11.6 Å². The molecule has 2 atom stereocenters. The molecule has 0 N–H and O–H groups in total. The Morgan fingerprint density at radius 1 is 0.958 bits per heavy atom. The second-order valence-electron chi connectivity index (χ2n) is 7.22. The molecule has 0 radical (unpaired) electrons. The quantitative estimate of drug-likeness (QED) is 0.742. The van der Waals surface area contributed by atoms with E-state index < -0.39 is 0 Å². The fraction of sp³-hybridized carbons (Fsp3) is 0.364. The number of carbonyl (C=O) groups is 2. The van der Waals surface area contributed by atoms with Crippen molar-refractivity contribution in [3.8, 4) is 0 Å². The van der Waals surface area contributed by atoms with Gasteiger partial charge in [-0.3, -0.25) is 9.59 Å². The molecule has 122 valence electrons. The number of ketones is 2. The molecule has 2 nitrogen and oxygen atoms in total. The molecular formula is C22H22O2. The topological polar surface area (TPSA) is 34.1 Å². The summed E-state index contributed by atoms with van der Waals surface area (Å²) in [6, 6.07) is 19.6. The minimum Gasteiger partial charge on any atom is -0.299 e. The summed E-state index contributed by atoms with van der Waals surface area (Å²) in [7, 11) is 0. The van der Waals surface area contributed by atoms with Crippen LogP contribution in [0, 0.1) is 11.3 Å². The van der Waals surface area contributed by atoms with Crippen molar-refractivity contribution in [2.24, 2.45) is 11.3 Å². The lowest BCUT2D eigenvalue weighted by atomic mass is 9.83. The van der Waals surface area contributed by atoms with E-state index in [0.29, 0.717) is 12.2 Å². The van der Waals surface area contributed by atoms with Crippen molar-refractivity contribution in [3.05, 3.63) is 71.8 Å². The van der Waals surface area contributed by atoms with Crippen LogP contribution in [0.3, 0.4) is 0 Å². The Labute approximate surface area is 142 Å². The van der Waals surface area contributed by atoms with E-state index >= 15 is 0 Å². The van der Waals surface area contributed by atoms with E-state index in [1.165, 1.54) is 0 Å². The predicted octanol–water partition coefficient (Wildman–Crippen LogP) is 4.80. The summed E-state index contributed by atoms with van der Waals surface area (Å²) in [6.07, 6.45) is 4.75. The summed E-state index contributed by atoms with van der Waals surface area (Å²) >= 11 is 0. The molecule has 0 amide bonds. The molecule has 24 heavy (non-hydrogen) atoms. The van der Waals surface area contributed by atoms with E-state index in [4.69, 9.17) is 0 Å². The average Bonchev–Trinajstić information content (AvgIpc) is 2.99. The Hall–Kier alpha value is -2.22. The molecule has 2 aliphatic rings. The van der Waals surface area contributed by atoms with Crippen LogP contribution in [0.2, 0.25) is 0 Å². The fourth-order valence-electron chi connectivity index (χ4n) is 4.62. The predicted molar refractivity (Wildman–Crippen MR) is 94.0 cm³/mol. The molecule has 0 saturated heterocycles.